The topological polar surface area (TPSA) is 49.4 Å². The second-order valence-electron chi connectivity index (χ2n) is 8.44. The van der Waals surface area contributed by atoms with Gasteiger partial charge in [0.15, 0.2) is 0 Å². The van der Waals surface area contributed by atoms with Gasteiger partial charge in [-0.05, 0) is 27.8 Å². The zero-order valence-corrected chi connectivity index (χ0v) is 16.5. The van der Waals surface area contributed by atoms with Gasteiger partial charge < -0.3 is 0 Å². The van der Waals surface area contributed by atoms with Crippen LogP contribution < -0.4 is 5.32 Å². The highest BCUT2D eigenvalue weighted by molar-refractivity contribution is 6.07. The molecule has 1 N–H and O–H groups in total. The smallest absolute Gasteiger partial charge is 0.235 e. The first-order chi connectivity index (χ1) is 14.8. The van der Waals surface area contributed by atoms with Gasteiger partial charge in [-0.3, -0.25) is 19.8 Å². The van der Waals surface area contributed by atoms with Crippen molar-refractivity contribution < 1.29 is 9.59 Å². The Bertz CT molecular complexity index is 1040. The van der Waals surface area contributed by atoms with Gasteiger partial charge >= 0.3 is 0 Å². The highest BCUT2D eigenvalue weighted by Gasteiger charge is 2.61. The lowest BCUT2D eigenvalue weighted by atomic mass is 9.55. The average Bonchev–Trinajstić information content (AvgIpc) is 3.05. The van der Waals surface area contributed by atoms with E-state index in [4.69, 9.17) is 0 Å². The summed E-state index contributed by atoms with van der Waals surface area (Å²) in [7, 11) is 0. The maximum Gasteiger partial charge on any atom is 0.235 e. The van der Waals surface area contributed by atoms with Crippen molar-refractivity contribution in [3.05, 3.63) is 107 Å². The molecule has 7 rings (SSSR count). The number of amides is 2. The van der Waals surface area contributed by atoms with Crippen LogP contribution in [-0.2, 0) is 16.1 Å². The fourth-order valence-electron chi connectivity index (χ4n) is 5.80. The zero-order valence-electron chi connectivity index (χ0n) is 16.5. The number of hydrogen-bond donors (Lipinski definition) is 1. The maximum absolute atomic E-state index is 13.5. The molecule has 4 nitrogen and oxygen atoms in total. The van der Waals surface area contributed by atoms with E-state index in [1.807, 2.05) is 54.6 Å². The van der Waals surface area contributed by atoms with Crippen molar-refractivity contribution in [2.24, 2.45) is 11.8 Å². The largest absolute Gasteiger partial charge is 0.295 e. The molecule has 1 aliphatic heterocycles. The number of benzene rings is 3. The number of rotatable bonds is 4. The van der Waals surface area contributed by atoms with Gasteiger partial charge in [0.1, 0.15) is 0 Å². The number of likely N-dealkylation sites (tertiary alicyclic amines) is 1. The van der Waals surface area contributed by atoms with Gasteiger partial charge in [0.25, 0.3) is 0 Å². The lowest BCUT2D eigenvalue weighted by Gasteiger charge is -2.45. The van der Waals surface area contributed by atoms with Crippen LogP contribution in [0.2, 0.25) is 0 Å². The predicted molar refractivity (Wildman–Crippen MR) is 114 cm³/mol. The van der Waals surface area contributed by atoms with Crippen LogP contribution in [0.4, 0.5) is 0 Å². The molecule has 0 aromatic heterocycles. The summed E-state index contributed by atoms with van der Waals surface area (Å²) >= 11 is 0. The molecular formula is C26H22N2O2. The second kappa shape index (κ2) is 6.64. The Morgan fingerprint density at radius 1 is 0.633 bits per heavy atom. The van der Waals surface area contributed by atoms with Crippen molar-refractivity contribution in [1.29, 1.82) is 0 Å². The summed E-state index contributed by atoms with van der Waals surface area (Å²) in [6.45, 7) is 0.881. The Kier molecular flexibility index (Phi) is 3.90. The molecule has 0 spiro atoms. The minimum Gasteiger partial charge on any atom is -0.295 e. The standard InChI is InChI=1S/C26H22N2O2/c29-25-23-21-17-10-4-5-11-18(17)22(20-13-7-6-12-19(20)21)24(23)26(30)28(25)15-27-14-16-8-2-1-3-9-16/h1-13,21-24,27H,14-15H2. The number of hydrogen-bond acceptors (Lipinski definition) is 3. The molecule has 4 aliphatic rings. The SMILES string of the molecule is O=C1C2C3c4ccccc4C(c4ccccc43)C2C(=O)N1CNCc1ccccc1. The van der Waals surface area contributed by atoms with Gasteiger partial charge in [-0.15, -0.1) is 0 Å². The maximum atomic E-state index is 13.5. The van der Waals surface area contributed by atoms with Crippen molar-refractivity contribution in [3.8, 4) is 0 Å². The summed E-state index contributed by atoms with van der Waals surface area (Å²) in [6.07, 6.45) is 0. The normalized spacial score (nSPS) is 25.8. The van der Waals surface area contributed by atoms with Gasteiger partial charge in [0, 0.05) is 18.4 Å². The van der Waals surface area contributed by atoms with Crippen molar-refractivity contribution in [1.82, 2.24) is 10.2 Å². The first-order valence-corrected chi connectivity index (χ1v) is 10.5. The highest BCUT2D eigenvalue weighted by Crippen LogP contribution is 2.60. The number of carbonyl (C=O) groups excluding carboxylic acids is 2. The number of carbonyl (C=O) groups is 2. The summed E-state index contributed by atoms with van der Waals surface area (Å²) in [5, 5.41) is 3.29. The fourth-order valence-corrected chi connectivity index (χ4v) is 5.80. The minimum atomic E-state index is -0.300. The third-order valence-corrected chi connectivity index (χ3v) is 6.98. The molecule has 3 aromatic carbocycles. The monoisotopic (exact) mass is 394 g/mol. The Morgan fingerprint density at radius 2 is 1.07 bits per heavy atom. The van der Waals surface area contributed by atoms with Gasteiger partial charge in [-0.2, -0.15) is 0 Å². The lowest BCUT2D eigenvalue weighted by Crippen LogP contribution is -2.41. The molecule has 1 fully saturated rings. The van der Waals surface area contributed by atoms with E-state index < -0.39 is 0 Å². The summed E-state index contributed by atoms with van der Waals surface area (Å²) in [4.78, 5) is 28.4. The van der Waals surface area contributed by atoms with Gasteiger partial charge in [-0.25, -0.2) is 0 Å². The number of nitrogens with one attached hydrogen (secondary N) is 1. The fraction of sp³-hybridized carbons (Fsp3) is 0.231. The Balaban J connectivity index is 1.34. The second-order valence-corrected chi connectivity index (χ2v) is 8.44. The van der Waals surface area contributed by atoms with E-state index in [1.54, 1.807) is 0 Å². The van der Waals surface area contributed by atoms with Crippen LogP contribution >= 0.6 is 0 Å². The Hall–Kier alpha value is -3.24. The molecule has 2 atom stereocenters. The molecule has 0 radical (unpaired) electrons. The van der Waals surface area contributed by atoms with Crippen LogP contribution in [0.5, 0.6) is 0 Å². The first-order valence-electron chi connectivity index (χ1n) is 10.5. The van der Waals surface area contributed by atoms with Crippen molar-refractivity contribution in [3.63, 3.8) is 0 Å². The van der Waals surface area contributed by atoms with Gasteiger partial charge in [0.05, 0.1) is 18.5 Å². The molecular weight excluding hydrogens is 372 g/mol. The van der Waals surface area contributed by atoms with E-state index in [0.717, 1.165) is 5.56 Å². The molecule has 3 aliphatic carbocycles. The highest BCUT2D eigenvalue weighted by atomic mass is 16.2. The van der Waals surface area contributed by atoms with Crippen LogP contribution in [0.3, 0.4) is 0 Å². The van der Waals surface area contributed by atoms with Gasteiger partial charge in [-0.1, -0.05) is 78.9 Å². The molecule has 1 heterocycles. The third kappa shape index (κ3) is 2.37. The summed E-state index contributed by atoms with van der Waals surface area (Å²) in [6, 6.07) is 26.7. The molecule has 4 heteroatoms. The zero-order chi connectivity index (χ0) is 20.2. The van der Waals surface area contributed by atoms with Crippen LogP contribution in [0.15, 0.2) is 78.9 Å². The Labute approximate surface area is 175 Å². The van der Waals surface area contributed by atoms with E-state index in [1.165, 1.54) is 27.2 Å². The summed E-state index contributed by atoms with van der Waals surface area (Å²) in [5.41, 5.74) is 5.98. The van der Waals surface area contributed by atoms with Crippen molar-refractivity contribution in [2.45, 2.75) is 18.4 Å². The van der Waals surface area contributed by atoms with E-state index in [2.05, 4.69) is 29.6 Å². The molecule has 2 amide bonds. The lowest BCUT2D eigenvalue weighted by molar-refractivity contribution is -0.140. The van der Waals surface area contributed by atoms with Crippen molar-refractivity contribution >= 4 is 11.8 Å². The predicted octanol–water partition coefficient (Wildman–Crippen LogP) is 3.63. The van der Waals surface area contributed by atoms with E-state index in [-0.39, 0.29) is 42.2 Å². The van der Waals surface area contributed by atoms with Gasteiger partial charge in [0.2, 0.25) is 11.8 Å². The molecule has 2 unspecified atom stereocenters. The van der Waals surface area contributed by atoms with Crippen LogP contribution in [0.25, 0.3) is 0 Å². The number of nitrogens with zero attached hydrogens (tertiary/aromatic N) is 1. The van der Waals surface area contributed by atoms with Crippen molar-refractivity contribution in [2.75, 3.05) is 6.67 Å². The molecule has 3 aromatic rings. The molecule has 1 saturated heterocycles. The first kappa shape index (κ1) is 17.6. The Morgan fingerprint density at radius 3 is 1.53 bits per heavy atom. The van der Waals surface area contributed by atoms with E-state index in [9.17, 15) is 9.59 Å². The molecule has 30 heavy (non-hydrogen) atoms. The molecule has 0 saturated carbocycles. The van der Waals surface area contributed by atoms with E-state index in [0.29, 0.717) is 6.54 Å². The minimum absolute atomic E-state index is 0.0374. The molecule has 2 bridgehead atoms. The average molecular weight is 394 g/mol. The summed E-state index contributed by atoms with van der Waals surface area (Å²) in [5.74, 6) is -0.753. The van der Waals surface area contributed by atoms with Crippen LogP contribution in [-0.4, -0.2) is 23.4 Å². The van der Waals surface area contributed by atoms with Crippen LogP contribution in [0, 0.1) is 11.8 Å². The molecule has 148 valence electrons. The quantitative estimate of drug-likeness (QED) is 0.688. The number of imide groups is 1. The van der Waals surface area contributed by atoms with Crippen LogP contribution in [0.1, 0.15) is 39.7 Å². The third-order valence-electron chi connectivity index (χ3n) is 6.98. The van der Waals surface area contributed by atoms with E-state index >= 15 is 0 Å². The summed E-state index contributed by atoms with van der Waals surface area (Å²) < 4.78 is 0.